The Labute approximate surface area is 163 Å². The van der Waals surface area contributed by atoms with E-state index in [-0.39, 0.29) is 17.9 Å². The molecule has 6 nitrogen and oxygen atoms in total. The van der Waals surface area contributed by atoms with Gasteiger partial charge in [0.1, 0.15) is 9.88 Å². The second-order valence-corrected chi connectivity index (χ2v) is 8.40. The average molecular weight is 385 g/mol. The van der Waals surface area contributed by atoms with Crippen LogP contribution in [0.3, 0.4) is 0 Å². The molecule has 2 atom stereocenters. The number of nitrogens with one attached hydrogen (secondary N) is 2. The molecule has 3 fully saturated rings. The van der Waals surface area contributed by atoms with Gasteiger partial charge in [0.25, 0.3) is 5.91 Å². The van der Waals surface area contributed by atoms with Crippen LogP contribution in [0, 0.1) is 5.92 Å². The van der Waals surface area contributed by atoms with E-state index in [1.54, 1.807) is 6.20 Å². The maximum Gasteiger partial charge on any atom is 0.263 e. The quantitative estimate of drug-likeness (QED) is 0.850. The van der Waals surface area contributed by atoms with Crippen LogP contribution in [0.4, 0.5) is 5.69 Å². The average Bonchev–Trinajstić information content (AvgIpc) is 3.15. The molecule has 3 saturated heterocycles. The normalized spacial score (nSPS) is 26.6. The fraction of sp³-hybridized carbons (Fsp3) is 0.450. The van der Waals surface area contributed by atoms with Crippen LogP contribution in [0.15, 0.2) is 30.5 Å². The fourth-order valence-corrected chi connectivity index (χ4v) is 5.10. The second kappa shape index (κ2) is 7.40. The molecule has 0 saturated carbocycles. The van der Waals surface area contributed by atoms with Gasteiger partial charge >= 0.3 is 0 Å². The highest BCUT2D eigenvalue weighted by atomic mass is 32.1. The van der Waals surface area contributed by atoms with Crippen molar-refractivity contribution in [3.63, 3.8) is 0 Å². The molecular formula is C20H24N4O2S. The molecule has 2 bridgehead atoms. The van der Waals surface area contributed by atoms with Crippen molar-refractivity contribution in [3.05, 3.63) is 35.3 Å². The van der Waals surface area contributed by atoms with Gasteiger partial charge in [-0.05, 0) is 50.9 Å². The third-order valence-electron chi connectivity index (χ3n) is 5.67. The van der Waals surface area contributed by atoms with E-state index in [2.05, 4.69) is 27.4 Å². The number of benzene rings is 1. The first-order chi connectivity index (χ1) is 13.0. The van der Waals surface area contributed by atoms with Gasteiger partial charge in [0, 0.05) is 24.6 Å². The molecule has 1 aromatic carbocycles. The lowest BCUT2D eigenvalue weighted by Crippen LogP contribution is -2.62. The highest BCUT2D eigenvalue weighted by Crippen LogP contribution is 2.34. The molecule has 0 unspecified atom stereocenters. The van der Waals surface area contributed by atoms with E-state index in [1.165, 1.54) is 18.3 Å². The van der Waals surface area contributed by atoms with Crippen LogP contribution >= 0.6 is 11.3 Å². The second-order valence-electron chi connectivity index (χ2n) is 7.37. The molecular weight excluding hydrogens is 360 g/mol. The molecule has 5 rings (SSSR count). The number of anilines is 1. The van der Waals surface area contributed by atoms with Gasteiger partial charge in [-0.15, -0.1) is 11.3 Å². The Kier molecular flexibility index (Phi) is 4.97. The van der Waals surface area contributed by atoms with Crippen molar-refractivity contribution in [1.82, 2.24) is 15.2 Å². The van der Waals surface area contributed by atoms with E-state index in [9.17, 15) is 9.59 Å². The number of amides is 2. The predicted octanol–water partition coefficient (Wildman–Crippen LogP) is 2.98. The number of hydrogen-bond donors (Lipinski definition) is 2. The molecule has 27 heavy (non-hydrogen) atoms. The number of fused-ring (bicyclic) bond motifs is 3. The minimum atomic E-state index is -0.131. The van der Waals surface area contributed by atoms with E-state index in [1.807, 2.05) is 24.3 Å². The summed E-state index contributed by atoms with van der Waals surface area (Å²) < 4.78 is 0. The predicted molar refractivity (Wildman–Crippen MR) is 107 cm³/mol. The van der Waals surface area contributed by atoms with Gasteiger partial charge in [-0.25, -0.2) is 4.98 Å². The summed E-state index contributed by atoms with van der Waals surface area (Å²) in [6.45, 7) is 5.97. The summed E-state index contributed by atoms with van der Waals surface area (Å²) in [4.78, 5) is 31.7. The van der Waals surface area contributed by atoms with Crippen molar-refractivity contribution in [1.29, 1.82) is 0 Å². The summed E-state index contributed by atoms with van der Waals surface area (Å²) in [7, 11) is 0. The Bertz CT molecular complexity index is 855. The standard InChI is InChI=1S/C20H24N4O2S/c1-12-18(14-7-9-24(12)10-8-14)23-19(26)17-11-21-20(27-17)15-5-3-4-6-16(15)22-13(2)25/h3-6,11-12,14,18H,7-10H2,1-2H3,(H,22,25)(H,23,26)/t12-,18-/m0/s1. The molecule has 2 aromatic rings. The Hall–Kier alpha value is -2.25. The number of hydrogen-bond acceptors (Lipinski definition) is 5. The number of rotatable bonds is 4. The molecule has 3 aliphatic heterocycles. The fourth-order valence-electron chi connectivity index (χ4n) is 4.24. The molecule has 1 aromatic heterocycles. The highest BCUT2D eigenvalue weighted by Gasteiger charge is 2.40. The summed E-state index contributed by atoms with van der Waals surface area (Å²) in [5.41, 5.74) is 1.53. The van der Waals surface area contributed by atoms with Crippen LogP contribution < -0.4 is 10.6 Å². The van der Waals surface area contributed by atoms with Crippen LogP contribution in [-0.2, 0) is 4.79 Å². The first-order valence-electron chi connectivity index (χ1n) is 9.40. The van der Waals surface area contributed by atoms with E-state index in [4.69, 9.17) is 0 Å². The van der Waals surface area contributed by atoms with Crippen LogP contribution in [-0.4, -0.2) is 46.9 Å². The molecule has 0 aliphatic carbocycles. The summed E-state index contributed by atoms with van der Waals surface area (Å²) in [5.74, 6) is 0.386. The molecule has 4 heterocycles. The molecule has 2 amide bonds. The molecule has 0 radical (unpaired) electrons. The minimum Gasteiger partial charge on any atom is -0.347 e. The van der Waals surface area contributed by atoms with Crippen molar-refractivity contribution in [3.8, 4) is 10.6 Å². The van der Waals surface area contributed by atoms with Crippen molar-refractivity contribution in [2.75, 3.05) is 18.4 Å². The zero-order valence-electron chi connectivity index (χ0n) is 15.6. The third kappa shape index (κ3) is 3.61. The number of piperidine rings is 3. The van der Waals surface area contributed by atoms with Crippen LogP contribution in [0.25, 0.3) is 10.6 Å². The Morgan fingerprint density at radius 2 is 1.96 bits per heavy atom. The molecule has 3 aliphatic rings. The lowest BCUT2D eigenvalue weighted by molar-refractivity contribution is -0.114. The number of nitrogens with zero attached hydrogens (tertiary/aromatic N) is 2. The number of thiazole rings is 1. The van der Waals surface area contributed by atoms with Gasteiger partial charge in [0.05, 0.1) is 11.9 Å². The summed E-state index contributed by atoms with van der Waals surface area (Å²) in [5, 5.41) is 6.80. The number of para-hydroxylation sites is 1. The van der Waals surface area contributed by atoms with Crippen molar-refractivity contribution >= 4 is 28.8 Å². The summed E-state index contributed by atoms with van der Waals surface area (Å²) >= 11 is 1.36. The van der Waals surface area contributed by atoms with Gasteiger partial charge < -0.3 is 10.6 Å². The highest BCUT2D eigenvalue weighted by molar-refractivity contribution is 7.17. The van der Waals surface area contributed by atoms with Crippen molar-refractivity contribution in [2.24, 2.45) is 5.92 Å². The Morgan fingerprint density at radius 3 is 2.67 bits per heavy atom. The van der Waals surface area contributed by atoms with Crippen LogP contribution in [0.1, 0.15) is 36.4 Å². The zero-order chi connectivity index (χ0) is 19.0. The van der Waals surface area contributed by atoms with Crippen molar-refractivity contribution < 1.29 is 9.59 Å². The maximum atomic E-state index is 12.8. The van der Waals surface area contributed by atoms with E-state index >= 15 is 0 Å². The van der Waals surface area contributed by atoms with Gasteiger partial charge in [0.2, 0.25) is 5.91 Å². The molecule has 0 spiro atoms. The number of aromatic nitrogens is 1. The Morgan fingerprint density at radius 1 is 1.22 bits per heavy atom. The van der Waals surface area contributed by atoms with Gasteiger partial charge in [0.15, 0.2) is 0 Å². The zero-order valence-corrected chi connectivity index (χ0v) is 16.4. The third-order valence-corrected chi connectivity index (χ3v) is 6.70. The van der Waals surface area contributed by atoms with Crippen LogP contribution in [0.5, 0.6) is 0 Å². The molecule has 2 N–H and O–H groups in total. The topological polar surface area (TPSA) is 74.3 Å². The van der Waals surface area contributed by atoms with E-state index in [0.29, 0.717) is 22.5 Å². The first kappa shape index (κ1) is 18.1. The van der Waals surface area contributed by atoms with Gasteiger partial charge in [-0.2, -0.15) is 0 Å². The van der Waals surface area contributed by atoms with Crippen LogP contribution in [0.2, 0.25) is 0 Å². The first-order valence-corrected chi connectivity index (χ1v) is 10.2. The van der Waals surface area contributed by atoms with E-state index in [0.717, 1.165) is 36.5 Å². The molecule has 142 valence electrons. The monoisotopic (exact) mass is 384 g/mol. The Balaban J connectivity index is 1.51. The summed E-state index contributed by atoms with van der Waals surface area (Å²) in [6.07, 6.45) is 3.95. The largest absolute Gasteiger partial charge is 0.347 e. The minimum absolute atomic E-state index is 0.0543. The summed E-state index contributed by atoms with van der Waals surface area (Å²) in [6, 6.07) is 8.10. The SMILES string of the molecule is CC(=O)Nc1ccccc1-c1ncc(C(=O)N[C@@H]2C3CCN(CC3)[C@H]2C)s1. The van der Waals surface area contributed by atoms with Crippen molar-refractivity contribution in [2.45, 2.75) is 38.8 Å². The van der Waals surface area contributed by atoms with Gasteiger partial charge in [-0.1, -0.05) is 12.1 Å². The van der Waals surface area contributed by atoms with E-state index < -0.39 is 0 Å². The maximum absolute atomic E-state index is 12.8. The smallest absolute Gasteiger partial charge is 0.263 e. The number of carbonyl (C=O) groups excluding carboxylic acids is 2. The number of carbonyl (C=O) groups is 2. The lowest BCUT2D eigenvalue weighted by Gasteiger charge is -2.49. The molecule has 7 heteroatoms. The van der Waals surface area contributed by atoms with Gasteiger partial charge in [-0.3, -0.25) is 14.5 Å². The lowest BCUT2D eigenvalue weighted by atomic mass is 9.79.